The number of carboxylic acids is 1. The van der Waals surface area contributed by atoms with Crippen molar-refractivity contribution in [2.75, 3.05) is 13.7 Å². The molecule has 1 aromatic carbocycles. The minimum Gasteiger partial charge on any atom is -0.497 e. The summed E-state index contributed by atoms with van der Waals surface area (Å²) in [4.78, 5) is 16.7. The average Bonchev–Trinajstić information content (AvgIpc) is 2.57. The Bertz CT molecular complexity index is 710. The molecule has 0 saturated heterocycles. The molecule has 5 nitrogen and oxygen atoms in total. The van der Waals surface area contributed by atoms with Crippen molar-refractivity contribution in [1.29, 1.82) is 0 Å². The number of benzene rings is 1. The van der Waals surface area contributed by atoms with E-state index < -0.39 is 17.6 Å². The number of pyridine rings is 1. The second kappa shape index (κ2) is 8.35. The Morgan fingerprint density at radius 1 is 1.29 bits per heavy atom. The van der Waals surface area contributed by atoms with E-state index in [9.17, 15) is 13.6 Å². The quantitative estimate of drug-likeness (QED) is 0.803. The fraction of sp³-hybridized carbons (Fsp3) is 0.294. The maximum Gasteiger partial charge on any atom is 0.304 e. The molecule has 0 aliphatic rings. The number of hydrogen-bond acceptors (Lipinski definition) is 4. The van der Waals surface area contributed by atoms with Crippen molar-refractivity contribution >= 4 is 5.97 Å². The molecule has 24 heavy (non-hydrogen) atoms. The molecule has 7 heteroatoms. The van der Waals surface area contributed by atoms with Crippen molar-refractivity contribution in [3.8, 4) is 5.75 Å². The predicted molar refractivity (Wildman–Crippen MR) is 83.5 cm³/mol. The van der Waals surface area contributed by atoms with Gasteiger partial charge in [0.1, 0.15) is 5.75 Å². The summed E-state index contributed by atoms with van der Waals surface area (Å²) >= 11 is 0. The van der Waals surface area contributed by atoms with Gasteiger partial charge in [-0.15, -0.1) is 0 Å². The maximum atomic E-state index is 13.9. The van der Waals surface area contributed by atoms with Crippen LogP contribution in [0.1, 0.15) is 17.7 Å². The van der Waals surface area contributed by atoms with Crippen LogP contribution in [0.25, 0.3) is 0 Å². The van der Waals surface area contributed by atoms with Gasteiger partial charge < -0.3 is 9.84 Å². The van der Waals surface area contributed by atoms with Crippen LogP contribution in [-0.2, 0) is 17.9 Å². The van der Waals surface area contributed by atoms with Gasteiger partial charge in [-0.25, -0.2) is 8.78 Å². The topological polar surface area (TPSA) is 62.7 Å². The van der Waals surface area contributed by atoms with E-state index in [0.717, 1.165) is 6.07 Å². The Balaban J connectivity index is 2.17. The van der Waals surface area contributed by atoms with Crippen molar-refractivity contribution in [3.63, 3.8) is 0 Å². The van der Waals surface area contributed by atoms with Gasteiger partial charge >= 0.3 is 5.97 Å². The molecule has 0 aliphatic carbocycles. The minimum absolute atomic E-state index is 0.0791. The number of rotatable bonds is 8. The lowest BCUT2D eigenvalue weighted by molar-refractivity contribution is -0.137. The van der Waals surface area contributed by atoms with Gasteiger partial charge in [0.2, 0.25) is 0 Å². The van der Waals surface area contributed by atoms with Crippen LogP contribution in [0, 0.1) is 11.6 Å². The van der Waals surface area contributed by atoms with E-state index in [4.69, 9.17) is 9.84 Å². The Labute approximate surface area is 138 Å². The standard InChI is InChI=1S/C17H18F2N2O3/c1-24-14-5-7-20-13(9-14)11-21(8-6-16(22)23)10-12-3-2-4-15(18)17(12)19/h2-5,7,9H,6,8,10-11H2,1H3,(H,22,23). The molecule has 0 aliphatic heterocycles. The summed E-state index contributed by atoms with van der Waals surface area (Å²) < 4.78 is 32.3. The van der Waals surface area contributed by atoms with Gasteiger partial charge in [0.15, 0.2) is 11.6 Å². The molecule has 0 unspecified atom stereocenters. The molecule has 0 radical (unpaired) electrons. The van der Waals surface area contributed by atoms with Crippen LogP contribution in [-0.4, -0.2) is 34.6 Å². The first-order valence-corrected chi connectivity index (χ1v) is 7.35. The summed E-state index contributed by atoms with van der Waals surface area (Å²) in [6, 6.07) is 7.36. The Morgan fingerprint density at radius 3 is 2.79 bits per heavy atom. The van der Waals surface area contributed by atoms with Crippen molar-refractivity contribution < 1.29 is 23.4 Å². The number of ether oxygens (including phenoxy) is 1. The van der Waals surface area contributed by atoms with Gasteiger partial charge in [-0.1, -0.05) is 12.1 Å². The van der Waals surface area contributed by atoms with Crippen LogP contribution in [0.5, 0.6) is 5.75 Å². The summed E-state index contributed by atoms with van der Waals surface area (Å²) in [5, 5.41) is 8.88. The number of aromatic nitrogens is 1. The maximum absolute atomic E-state index is 13.9. The van der Waals surface area contributed by atoms with Gasteiger partial charge in [0, 0.05) is 37.5 Å². The van der Waals surface area contributed by atoms with E-state index in [1.165, 1.54) is 19.2 Å². The zero-order chi connectivity index (χ0) is 17.5. The smallest absolute Gasteiger partial charge is 0.304 e. The van der Waals surface area contributed by atoms with Gasteiger partial charge in [-0.3, -0.25) is 14.7 Å². The summed E-state index contributed by atoms with van der Waals surface area (Å²) in [7, 11) is 1.53. The molecule has 128 valence electrons. The normalized spacial score (nSPS) is 10.8. The number of halogens is 2. The molecule has 0 spiro atoms. The molecule has 0 bridgehead atoms. The van der Waals surface area contributed by atoms with Crippen LogP contribution in [0.15, 0.2) is 36.5 Å². The first-order valence-electron chi connectivity index (χ1n) is 7.35. The van der Waals surface area contributed by atoms with E-state index in [1.54, 1.807) is 23.2 Å². The van der Waals surface area contributed by atoms with Gasteiger partial charge in [0.25, 0.3) is 0 Å². The average molecular weight is 336 g/mol. The van der Waals surface area contributed by atoms with Crippen molar-refractivity contribution in [3.05, 3.63) is 59.4 Å². The second-order valence-corrected chi connectivity index (χ2v) is 5.25. The van der Waals surface area contributed by atoms with E-state index >= 15 is 0 Å². The molecule has 1 N–H and O–H groups in total. The lowest BCUT2D eigenvalue weighted by atomic mass is 10.1. The number of nitrogens with zero attached hydrogens (tertiary/aromatic N) is 2. The Kier molecular flexibility index (Phi) is 6.20. The van der Waals surface area contributed by atoms with Crippen molar-refractivity contribution in [2.45, 2.75) is 19.5 Å². The molecule has 0 amide bonds. The Hall–Kier alpha value is -2.54. The van der Waals surface area contributed by atoms with E-state index in [2.05, 4.69) is 4.98 Å². The van der Waals surface area contributed by atoms with Crippen LogP contribution in [0.4, 0.5) is 8.78 Å². The summed E-state index contributed by atoms with van der Waals surface area (Å²) in [6.07, 6.45) is 1.47. The first-order chi connectivity index (χ1) is 11.5. The lowest BCUT2D eigenvalue weighted by Gasteiger charge is -2.22. The summed E-state index contributed by atoms with van der Waals surface area (Å²) in [6.45, 7) is 0.556. The van der Waals surface area contributed by atoms with Gasteiger partial charge in [-0.05, 0) is 12.1 Å². The fourth-order valence-corrected chi connectivity index (χ4v) is 2.28. The third-order valence-corrected chi connectivity index (χ3v) is 3.48. The van der Waals surface area contributed by atoms with Crippen LogP contribution in [0.2, 0.25) is 0 Å². The number of carbonyl (C=O) groups is 1. The van der Waals surface area contributed by atoms with E-state index in [0.29, 0.717) is 18.0 Å². The van der Waals surface area contributed by atoms with Gasteiger partial charge in [0.05, 0.1) is 19.2 Å². The monoisotopic (exact) mass is 336 g/mol. The number of hydrogen-bond donors (Lipinski definition) is 1. The predicted octanol–water partition coefficient (Wildman–Crippen LogP) is 2.85. The van der Waals surface area contributed by atoms with Crippen molar-refractivity contribution in [1.82, 2.24) is 9.88 Å². The molecular formula is C17H18F2N2O3. The summed E-state index contributed by atoms with van der Waals surface area (Å²) in [5.74, 6) is -2.19. The molecule has 0 atom stereocenters. The number of carboxylic acid groups (broad SMARTS) is 1. The highest BCUT2D eigenvalue weighted by atomic mass is 19.2. The molecule has 2 rings (SSSR count). The molecular weight excluding hydrogens is 318 g/mol. The largest absolute Gasteiger partial charge is 0.497 e. The van der Waals surface area contributed by atoms with Gasteiger partial charge in [-0.2, -0.15) is 0 Å². The van der Waals surface area contributed by atoms with Crippen molar-refractivity contribution in [2.24, 2.45) is 0 Å². The number of aliphatic carboxylic acids is 1. The Morgan fingerprint density at radius 2 is 2.08 bits per heavy atom. The van der Waals surface area contributed by atoms with Crippen LogP contribution >= 0.6 is 0 Å². The third kappa shape index (κ3) is 4.99. The summed E-state index contributed by atoms with van der Waals surface area (Å²) in [5.41, 5.74) is 0.819. The zero-order valence-corrected chi connectivity index (χ0v) is 13.2. The zero-order valence-electron chi connectivity index (χ0n) is 13.2. The molecule has 0 saturated carbocycles. The highest BCUT2D eigenvalue weighted by Crippen LogP contribution is 2.17. The van der Waals surface area contributed by atoms with Crippen LogP contribution in [0.3, 0.4) is 0 Å². The molecule has 1 aromatic heterocycles. The molecule has 1 heterocycles. The fourth-order valence-electron chi connectivity index (χ4n) is 2.28. The highest BCUT2D eigenvalue weighted by Gasteiger charge is 2.15. The van der Waals surface area contributed by atoms with E-state index in [1.807, 2.05) is 0 Å². The third-order valence-electron chi connectivity index (χ3n) is 3.48. The molecule has 2 aromatic rings. The van der Waals surface area contributed by atoms with E-state index in [-0.39, 0.29) is 25.1 Å². The number of methoxy groups -OCH3 is 1. The lowest BCUT2D eigenvalue weighted by Crippen LogP contribution is -2.26. The minimum atomic E-state index is -0.960. The first kappa shape index (κ1) is 17.8. The molecule has 0 fully saturated rings. The highest BCUT2D eigenvalue weighted by molar-refractivity contribution is 5.66. The van der Waals surface area contributed by atoms with Crippen LogP contribution < -0.4 is 4.74 Å². The SMILES string of the molecule is COc1ccnc(CN(CCC(=O)O)Cc2cccc(F)c2F)c1. The second-order valence-electron chi connectivity index (χ2n) is 5.25.